The van der Waals surface area contributed by atoms with E-state index in [1.54, 1.807) is 0 Å². The molecule has 4 heteroatoms. The van der Waals surface area contributed by atoms with Crippen molar-refractivity contribution in [3.05, 3.63) is 0 Å². The Morgan fingerprint density at radius 3 is 2.46 bits per heavy atom. The molecule has 1 heterocycles. The van der Waals surface area contributed by atoms with Gasteiger partial charge in [0.05, 0.1) is 12.6 Å². The first-order valence-electron chi connectivity index (χ1n) is 4.68. The lowest BCUT2D eigenvalue weighted by Gasteiger charge is -2.47. The van der Waals surface area contributed by atoms with Gasteiger partial charge in [0.15, 0.2) is 0 Å². The Morgan fingerprint density at radius 1 is 1.54 bits per heavy atom. The molecule has 0 spiro atoms. The van der Waals surface area contributed by atoms with Crippen LogP contribution in [-0.2, 0) is 4.79 Å². The van der Waals surface area contributed by atoms with E-state index in [1.807, 2.05) is 0 Å². The minimum absolute atomic E-state index is 0.0569. The highest BCUT2D eigenvalue weighted by atomic mass is 16.1. The van der Waals surface area contributed by atoms with Crippen LogP contribution in [0.2, 0.25) is 0 Å². The lowest BCUT2D eigenvalue weighted by Crippen LogP contribution is -2.64. The number of rotatable bonds is 2. The molecule has 0 bridgehead atoms. The van der Waals surface area contributed by atoms with Crippen LogP contribution in [0.1, 0.15) is 20.8 Å². The fourth-order valence-corrected chi connectivity index (χ4v) is 1.40. The van der Waals surface area contributed by atoms with Gasteiger partial charge in [0.1, 0.15) is 0 Å². The van der Waals surface area contributed by atoms with Crippen LogP contribution in [0.3, 0.4) is 0 Å². The quantitative estimate of drug-likeness (QED) is 0.612. The molecule has 0 aromatic rings. The Morgan fingerprint density at radius 2 is 2.08 bits per heavy atom. The zero-order valence-corrected chi connectivity index (χ0v) is 8.63. The van der Waals surface area contributed by atoms with Gasteiger partial charge in [0.2, 0.25) is 5.91 Å². The van der Waals surface area contributed by atoms with Gasteiger partial charge >= 0.3 is 0 Å². The molecule has 1 rings (SSSR count). The summed E-state index contributed by atoms with van der Waals surface area (Å²) >= 11 is 0. The summed E-state index contributed by atoms with van der Waals surface area (Å²) < 4.78 is 0. The molecule has 0 aliphatic carbocycles. The average molecular weight is 185 g/mol. The predicted molar refractivity (Wildman–Crippen MR) is 52.3 cm³/mol. The van der Waals surface area contributed by atoms with Crippen LogP contribution in [0.15, 0.2) is 0 Å². The van der Waals surface area contributed by atoms with E-state index in [4.69, 9.17) is 5.73 Å². The third kappa shape index (κ3) is 2.67. The average Bonchev–Trinajstić information content (AvgIpc) is 1.92. The van der Waals surface area contributed by atoms with Gasteiger partial charge in [-0.2, -0.15) is 0 Å². The molecular weight excluding hydrogens is 166 g/mol. The zero-order chi connectivity index (χ0) is 10.1. The normalized spacial score (nSPS) is 19.7. The van der Waals surface area contributed by atoms with Gasteiger partial charge in [0, 0.05) is 18.6 Å². The number of nitrogens with two attached hydrogens (primary N) is 1. The number of likely N-dealkylation sites (tertiary alicyclic amines) is 1. The number of carbonyl (C=O) groups is 1. The first-order chi connectivity index (χ1) is 5.93. The second kappa shape index (κ2) is 3.64. The Hall–Kier alpha value is -0.610. The monoisotopic (exact) mass is 185 g/mol. The highest BCUT2D eigenvalue weighted by molar-refractivity contribution is 5.78. The minimum atomic E-state index is -0.0569. The van der Waals surface area contributed by atoms with Crippen molar-refractivity contribution in [3.63, 3.8) is 0 Å². The zero-order valence-electron chi connectivity index (χ0n) is 8.63. The Labute approximate surface area is 79.5 Å². The molecule has 1 saturated heterocycles. The summed E-state index contributed by atoms with van der Waals surface area (Å²) in [4.78, 5) is 13.2. The largest absolute Gasteiger partial charge is 0.350 e. The van der Waals surface area contributed by atoms with Crippen LogP contribution in [0.25, 0.3) is 0 Å². The fourth-order valence-electron chi connectivity index (χ4n) is 1.40. The van der Waals surface area contributed by atoms with Crippen molar-refractivity contribution in [2.24, 2.45) is 5.73 Å². The van der Waals surface area contributed by atoms with E-state index in [0.29, 0.717) is 6.04 Å². The number of hydrogen-bond acceptors (Lipinski definition) is 3. The van der Waals surface area contributed by atoms with Gasteiger partial charge < -0.3 is 11.1 Å². The second-order valence-corrected chi connectivity index (χ2v) is 4.54. The van der Waals surface area contributed by atoms with Gasteiger partial charge in [-0.1, -0.05) is 0 Å². The molecule has 1 amide bonds. The molecule has 1 fully saturated rings. The van der Waals surface area contributed by atoms with Crippen molar-refractivity contribution in [2.45, 2.75) is 32.4 Å². The SMILES string of the molecule is CC(C)(C)N1CC(NC(=O)CN)C1. The van der Waals surface area contributed by atoms with Crippen LogP contribution < -0.4 is 11.1 Å². The van der Waals surface area contributed by atoms with E-state index in [1.165, 1.54) is 0 Å². The first kappa shape index (κ1) is 10.5. The van der Waals surface area contributed by atoms with E-state index in [-0.39, 0.29) is 18.0 Å². The van der Waals surface area contributed by atoms with E-state index >= 15 is 0 Å². The highest BCUT2D eigenvalue weighted by Gasteiger charge is 2.34. The lowest BCUT2D eigenvalue weighted by atomic mass is 9.98. The molecule has 0 atom stereocenters. The summed E-state index contributed by atoms with van der Waals surface area (Å²) in [5, 5.41) is 2.86. The van der Waals surface area contributed by atoms with E-state index in [0.717, 1.165) is 13.1 Å². The number of hydrogen-bond donors (Lipinski definition) is 2. The standard InChI is InChI=1S/C9H19N3O/c1-9(2,3)12-5-7(6-12)11-8(13)4-10/h7H,4-6,10H2,1-3H3,(H,11,13). The first-order valence-corrected chi connectivity index (χ1v) is 4.68. The molecule has 1 aliphatic rings. The van der Waals surface area contributed by atoms with Crippen molar-refractivity contribution < 1.29 is 4.79 Å². The lowest BCUT2D eigenvalue weighted by molar-refractivity contribution is -0.122. The van der Waals surface area contributed by atoms with Crippen LogP contribution >= 0.6 is 0 Å². The van der Waals surface area contributed by atoms with E-state index < -0.39 is 0 Å². The maximum atomic E-state index is 10.9. The molecule has 0 saturated carbocycles. The van der Waals surface area contributed by atoms with Gasteiger partial charge in [0.25, 0.3) is 0 Å². The number of amides is 1. The maximum Gasteiger partial charge on any atom is 0.234 e. The predicted octanol–water partition coefficient (Wildman–Crippen LogP) is -0.456. The molecule has 1 aliphatic heterocycles. The maximum absolute atomic E-state index is 10.9. The van der Waals surface area contributed by atoms with Crippen molar-refractivity contribution in [3.8, 4) is 0 Å². The molecule has 0 unspecified atom stereocenters. The summed E-state index contributed by atoms with van der Waals surface area (Å²) in [5.74, 6) is -0.0569. The van der Waals surface area contributed by atoms with Crippen molar-refractivity contribution >= 4 is 5.91 Å². The van der Waals surface area contributed by atoms with Gasteiger partial charge in [-0.3, -0.25) is 9.69 Å². The Balaban J connectivity index is 2.22. The van der Waals surface area contributed by atoms with E-state index in [9.17, 15) is 4.79 Å². The molecule has 13 heavy (non-hydrogen) atoms. The van der Waals surface area contributed by atoms with Crippen LogP contribution in [-0.4, -0.2) is 42.0 Å². The Kier molecular flexibility index (Phi) is 2.93. The van der Waals surface area contributed by atoms with Crippen molar-refractivity contribution in [1.82, 2.24) is 10.2 Å². The Bertz CT molecular complexity index is 192. The van der Waals surface area contributed by atoms with Gasteiger partial charge in [-0.25, -0.2) is 0 Å². The van der Waals surface area contributed by atoms with Crippen LogP contribution in [0, 0.1) is 0 Å². The van der Waals surface area contributed by atoms with Crippen LogP contribution in [0.4, 0.5) is 0 Å². The molecular formula is C9H19N3O. The summed E-state index contributed by atoms with van der Waals surface area (Å²) in [6, 6.07) is 0.301. The topological polar surface area (TPSA) is 58.4 Å². The number of carbonyl (C=O) groups excluding carboxylic acids is 1. The minimum Gasteiger partial charge on any atom is -0.350 e. The number of nitrogens with zero attached hydrogens (tertiary/aromatic N) is 1. The summed E-state index contributed by atoms with van der Waals surface area (Å²) in [5.41, 5.74) is 5.41. The molecule has 0 aromatic carbocycles. The van der Waals surface area contributed by atoms with Gasteiger partial charge in [-0.05, 0) is 20.8 Å². The molecule has 3 N–H and O–H groups in total. The molecule has 4 nitrogen and oxygen atoms in total. The highest BCUT2D eigenvalue weighted by Crippen LogP contribution is 2.20. The summed E-state index contributed by atoms with van der Waals surface area (Å²) in [7, 11) is 0. The number of nitrogens with one attached hydrogen (secondary N) is 1. The molecule has 0 radical (unpaired) electrons. The second-order valence-electron chi connectivity index (χ2n) is 4.54. The third-order valence-corrected chi connectivity index (χ3v) is 2.38. The smallest absolute Gasteiger partial charge is 0.234 e. The van der Waals surface area contributed by atoms with E-state index in [2.05, 4.69) is 31.0 Å². The van der Waals surface area contributed by atoms with Gasteiger partial charge in [-0.15, -0.1) is 0 Å². The van der Waals surface area contributed by atoms with Crippen LogP contribution in [0.5, 0.6) is 0 Å². The fraction of sp³-hybridized carbons (Fsp3) is 0.889. The molecule has 0 aromatic heterocycles. The van der Waals surface area contributed by atoms with Crippen molar-refractivity contribution in [2.75, 3.05) is 19.6 Å². The summed E-state index contributed by atoms with van der Waals surface area (Å²) in [6.45, 7) is 8.49. The molecule has 76 valence electrons. The summed E-state index contributed by atoms with van der Waals surface area (Å²) in [6.07, 6.45) is 0. The third-order valence-electron chi connectivity index (χ3n) is 2.38. The van der Waals surface area contributed by atoms with Crippen molar-refractivity contribution in [1.29, 1.82) is 0 Å².